The maximum Gasteiger partial charge on any atom is 0.323 e. The number of aromatic nitrogens is 2. The van der Waals surface area contributed by atoms with Gasteiger partial charge in [-0.3, -0.25) is 9.36 Å². The molecule has 0 fully saturated rings. The van der Waals surface area contributed by atoms with Gasteiger partial charge in [0.05, 0.1) is 19.8 Å². The Morgan fingerprint density at radius 1 is 0.891 bits per heavy atom. The zero-order chi connectivity index (χ0) is 32.5. The first kappa shape index (κ1) is 32.2. The molecule has 4 N–H and O–H groups in total. The van der Waals surface area contributed by atoms with E-state index in [4.69, 9.17) is 15.2 Å². The zero-order valence-electron chi connectivity index (χ0n) is 26.6. The first-order valence-electron chi connectivity index (χ1n) is 15.7. The van der Waals surface area contributed by atoms with E-state index in [0.717, 1.165) is 40.5 Å². The van der Waals surface area contributed by atoms with Gasteiger partial charge in [0.1, 0.15) is 17.1 Å². The van der Waals surface area contributed by atoms with E-state index in [1.165, 1.54) is 0 Å². The number of nitrogens with zero attached hydrogens (tertiary/aromatic N) is 2. The van der Waals surface area contributed by atoms with Crippen molar-refractivity contribution in [1.29, 1.82) is 0 Å². The number of ether oxygens (including phenoxy) is 2. The number of nitrogens with one attached hydrogen (secondary N) is 2. The van der Waals surface area contributed by atoms with E-state index in [1.54, 1.807) is 22.9 Å². The topological polar surface area (TPSA) is 121 Å². The number of anilines is 3. The highest BCUT2D eigenvalue weighted by molar-refractivity contribution is 6.07. The maximum atomic E-state index is 14.1. The fourth-order valence-electron chi connectivity index (χ4n) is 5.53. The summed E-state index contributed by atoms with van der Waals surface area (Å²) in [6, 6.07) is 24.4. The molecular weight excluding hydrogens is 578 g/mol. The lowest BCUT2D eigenvalue weighted by atomic mass is 10.00. The van der Waals surface area contributed by atoms with E-state index >= 15 is 0 Å². The largest absolute Gasteiger partial charge is 0.493 e. The van der Waals surface area contributed by atoms with E-state index in [2.05, 4.69) is 22.5 Å². The molecule has 5 aromatic rings. The van der Waals surface area contributed by atoms with Crippen LogP contribution in [0.5, 0.6) is 5.75 Å². The molecule has 0 atom stereocenters. The van der Waals surface area contributed by atoms with Crippen LogP contribution >= 0.6 is 0 Å². The van der Waals surface area contributed by atoms with Gasteiger partial charge >= 0.3 is 6.03 Å². The van der Waals surface area contributed by atoms with Crippen molar-refractivity contribution in [2.75, 3.05) is 29.6 Å². The summed E-state index contributed by atoms with van der Waals surface area (Å²) in [6.45, 7) is 7.90. The number of hydrogen-bond acceptors (Lipinski definition) is 6. The number of benzene rings is 3. The Labute approximate surface area is 269 Å². The van der Waals surface area contributed by atoms with Crippen LogP contribution in [0.4, 0.5) is 21.9 Å². The van der Waals surface area contributed by atoms with Gasteiger partial charge in [0.15, 0.2) is 0 Å². The van der Waals surface area contributed by atoms with Crippen molar-refractivity contribution in [2.24, 2.45) is 0 Å². The third kappa shape index (κ3) is 7.73. The molecule has 0 spiro atoms. The molecular formula is C37H41N5O4. The second-order valence-corrected chi connectivity index (χ2v) is 11.3. The molecule has 0 radical (unpaired) electrons. The number of urea groups is 1. The molecule has 9 heteroatoms. The number of nitrogens with two attached hydrogens (primary N) is 1. The number of rotatable bonds is 13. The highest BCUT2D eigenvalue weighted by Gasteiger charge is 2.22. The number of fused-ring (bicyclic) bond motifs is 1. The number of amides is 2. The first-order valence-corrected chi connectivity index (χ1v) is 15.7. The zero-order valence-corrected chi connectivity index (χ0v) is 26.6. The van der Waals surface area contributed by atoms with Crippen LogP contribution in [0.3, 0.4) is 0 Å². The minimum absolute atomic E-state index is 0.173. The third-order valence-corrected chi connectivity index (χ3v) is 7.72. The van der Waals surface area contributed by atoms with Gasteiger partial charge in [-0.05, 0) is 78.9 Å². The predicted molar refractivity (Wildman–Crippen MR) is 186 cm³/mol. The molecule has 9 nitrogen and oxygen atoms in total. The Kier molecular flexibility index (Phi) is 10.7. The van der Waals surface area contributed by atoms with Crippen molar-refractivity contribution >= 4 is 34.1 Å². The van der Waals surface area contributed by atoms with Crippen LogP contribution in [-0.4, -0.2) is 28.8 Å². The van der Waals surface area contributed by atoms with Crippen molar-refractivity contribution in [3.05, 3.63) is 112 Å². The lowest BCUT2D eigenvalue weighted by Crippen LogP contribution is -2.30. The number of pyridine rings is 2. The van der Waals surface area contributed by atoms with E-state index in [9.17, 15) is 9.59 Å². The quantitative estimate of drug-likeness (QED) is 0.0918. The monoisotopic (exact) mass is 619 g/mol. The number of unbranched alkanes of at least 4 members (excludes halogenated alkanes) is 1. The summed E-state index contributed by atoms with van der Waals surface area (Å²) in [4.78, 5) is 32.2. The summed E-state index contributed by atoms with van der Waals surface area (Å²) in [6.07, 6.45) is 4.09. The van der Waals surface area contributed by atoms with Crippen LogP contribution in [-0.2, 0) is 17.9 Å². The molecule has 0 saturated heterocycles. The van der Waals surface area contributed by atoms with Crippen LogP contribution in [0.1, 0.15) is 42.9 Å². The predicted octanol–water partition coefficient (Wildman–Crippen LogP) is 7.69. The normalized spacial score (nSPS) is 11.0. The Hall–Kier alpha value is -5.15. The summed E-state index contributed by atoms with van der Waals surface area (Å²) in [7, 11) is 0. The Bertz CT molecular complexity index is 1850. The van der Waals surface area contributed by atoms with Gasteiger partial charge in [-0.1, -0.05) is 55.8 Å². The fourth-order valence-corrected chi connectivity index (χ4v) is 5.53. The minimum atomic E-state index is -0.525. The molecule has 0 unspecified atom stereocenters. The minimum Gasteiger partial charge on any atom is -0.493 e. The molecule has 0 bridgehead atoms. The molecule has 2 heterocycles. The van der Waals surface area contributed by atoms with Gasteiger partial charge in [-0.2, -0.15) is 0 Å². The Morgan fingerprint density at radius 3 is 2.41 bits per heavy atom. The maximum absolute atomic E-state index is 14.1. The molecule has 2 aromatic heterocycles. The Balaban J connectivity index is 1.43. The van der Waals surface area contributed by atoms with Crippen LogP contribution < -0.4 is 26.7 Å². The van der Waals surface area contributed by atoms with E-state index in [0.29, 0.717) is 61.1 Å². The van der Waals surface area contributed by atoms with Gasteiger partial charge in [-0.15, -0.1) is 0 Å². The fraction of sp³-hybridized carbons (Fsp3) is 0.270. The number of hydrogen-bond donors (Lipinski definition) is 3. The average molecular weight is 620 g/mol. The summed E-state index contributed by atoms with van der Waals surface area (Å²) >= 11 is 0. The summed E-state index contributed by atoms with van der Waals surface area (Å²) < 4.78 is 13.5. The molecule has 2 amide bonds. The lowest BCUT2D eigenvalue weighted by molar-refractivity contribution is 0.107. The van der Waals surface area contributed by atoms with Crippen LogP contribution in [0.2, 0.25) is 0 Å². The lowest BCUT2D eigenvalue weighted by Gasteiger charge is -2.19. The van der Waals surface area contributed by atoms with Crippen molar-refractivity contribution in [2.45, 2.75) is 53.2 Å². The van der Waals surface area contributed by atoms with Crippen molar-refractivity contribution in [3.63, 3.8) is 0 Å². The highest BCUT2D eigenvalue weighted by Crippen LogP contribution is 2.35. The molecule has 0 aliphatic heterocycles. The number of carbonyl (C=O) groups is 1. The number of carbonyl (C=O) groups excluding carboxylic acids is 1. The standard InChI is InChI=1S/C37H41N5O4/c1-4-5-18-42-35-31(16-10-17-39-35)32(34(36(42)43)41-37(44)40-33-25(2)21-29(38)22-26(33)3)28-14-9-15-30(23-28)46-20-11-19-45-24-27-12-7-6-8-13-27/h6-10,12-17,21-23H,4-5,11,18-20,24,38H2,1-3H3,(H2,40,41,44). The Morgan fingerprint density at radius 2 is 1.65 bits per heavy atom. The van der Waals surface area contributed by atoms with Gasteiger partial charge in [0, 0.05) is 41.5 Å². The van der Waals surface area contributed by atoms with Crippen LogP contribution in [0.15, 0.2) is 89.9 Å². The second-order valence-electron chi connectivity index (χ2n) is 11.3. The first-order chi connectivity index (χ1) is 22.4. The van der Waals surface area contributed by atoms with Crippen molar-refractivity contribution in [1.82, 2.24) is 9.55 Å². The van der Waals surface area contributed by atoms with Crippen LogP contribution in [0.25, 0.3) is 22.2 Å². The number of aryl methyl sites for hydroxylation is 3. The SMILES string of the molecule is CCCCn1c(=O)c(NC(=O)Nc2c(C)cc(N)cc2C)c(-c2cccc(OCCCOCc3ccccc3)c2)c2cccnc21. The van der Waals surface area contributed by atoms with Gasteiger partial charge in [0.25, 0.3) is 5.56 Å². The molecule has 238 valence electrons. The number of nitrogen functional groups attached to an aromatic ring is 1. The highest BCUT2D eigenvalue weighted by atomic mass is 16.5. The molecule has 0 aliphatic rings. The average Bonchev–Trinajstić information content (AvgIpc) is 3.05. The molecule has 5 rings (SSSR count). The van der Waals surface area contributed by atoms with E-state index < -0.39 is 6.03 Å². The van der Waals surface area contributed by atoms with Crippen molar-refractivity contribution in [3.8, 4) is 16.9 Å². The molecule has 3 aromatic carbocycles. The summed E-state index contributed by atoms with van der Waals surface area (Å²) in [5.74, 6) is 0.649. The molecule has 46 heavy (non-hydrogen) atoms. The summed E-state index contributed by atoms with van der Waals surface area (Å²) in [5, 5.41) is 6.58. The van der Waals surface area contributed by atoms with Gasteiger partial charge in [-0.25, -0.2) is 9.78 Å². The van der Waals surface area contributed by atoms with Gasteiger partial charge in [0.2, 0.25) is 0 Å². The molecule has 0 aliphatic carbocycles. The third-order valence-electron chi connectivity index (χ3n) is 7.72. The summed E-state index contributed by atoms with van der Waals surface area (Å²) in [5.41, 5.74) is 11.8. The van der Waals surface area contributed by atoms with E-state index in [1.807, 2.05) is 80.6 Å². The van der Waals surface area contributed by atoms with E-state index in [-0.39, 0.29) is 11.2 Å². The van der Waals surface area contributed by atoms with Gasteiger partial charge < -0.3 is 25.8 Å². The van der Waals surface area contributed by atoms with Crippen LogP contribution in [0, 0.1) is 13.8 Å². The smallest absolute Gasteiger partial charge is 0.323 e. The second kappa shape index (κ2) is 15.2. The molecule has 0 saturated carbocycles. The van der Waals surface area contributed by atoms with Crippen molar-refractivity contribution < 1.29 is 14.3 Å².